The highest BCUT2D eigenvalue weighted by Crippen LogP contribution is 2.42. The summed E-state index contributed by atoms with van der Waals surface area (Å²) in [6.45, 7) is 8.80. The molecule has 0 radical (unpaired) electrons. The van der Waals surface area contributed by atoms with E-state index in [1.54, 1.807) is 18.3 Å². The van der Waals surface area contributed by atoms with Gasteiger partial charge in [0.1, 0.15) is 6.73 Å². The lowest BCUT2D eigenvalue weighted by atomic mass is 9.96. The molecule has 0 aliphatic heterocycles. The molecule has 1 aliphatic carbocycles. The number of halogens is 2. The van der Waals surface area contributed by atoms with Crippen molar-refractivity contribution in [3.8, 4) is 22.8 Å². The molecule has 1 saturated carbocycles. The van der Waals surface area contributed by atoms with Gasteiger partial charge in [0.15, 0.2) is 11.5 Å². The summed E-state index contributed by atoms with van der Waals surface area (Å²) >= 11 is 0. The van der Waals surface area contributed by atoms with E-state index in [1.807, 2.05) is 18.4 Å². The van der Waals surface area contributed by atoms with Gasteiger partial charge < -0.3 is 18.8 Å². The van der Waals surface area contributed by atoms with Crippen LogP contribution in [0.5, 0.6) is 11.5 Å². The summed E-state index contributed by atoms with van der Waals surface area (Å²) in [5.41, 5.74) is 2.75. The molecule has 0 spiro atoms. The summed E-state index contributed by atoms with van der Waals surface area (Å²) in [5.74, 6) is 0.267. The predicted octanol–water partition coefficient (Wildman–Crippen LogP) is 5.97. The molecule has 0 atom stereocenters. The van der Waals surface area contributed by atoms with Gasteiger partial charge in [-0.2, -0.15) is 13.9 Å². The number of aromatic amines is 1. The summed E-state index contributed by atoms with van der Waals surface area (Å²) in [5, 5.41) is 7.12. The molecular weight excluding hydrogens is 472 g/mol. The van der Waals surface area contributed by atoms with E-state index in [0.717, 1.165) is 35.7 Å². The zero-order chi connectivity index (χ0) is 25.3. The second-order valence-electron chi connectivity index (χ2n) is 10.5. The van der Waals surface area contributed by atoms with E-state index in [0.29, 0.717) is 17.5 Å². The van der Waals surface area contributed by atoms with Gasteiger partial charge in [-0.3, -0.25) is 4.79 Å². The zero-order valence-electron chi connectivity index (χ0n) is 20.9. The van der Waals surface area contributed by atoms with Crippen LogP contribution in [0.3, 0.4) is 0 Å². The molecule has 3 aromatic rings. The Morgan fingerprint density at radius 3 is 2.57 bits per heavy atom. The summed E-state index contributed by atoms with van der Waals surface area (Å²) in [6.07, 6.45) is 3.38. The van der Waals surface area contributed by atoms with Crippen molar-refractivity contribution in [1.82, 2.24) is 14.8 Å². The van der Waals surface area contributed by atoms with Gasteiger partial charge in [-0.1, -0.05) is 33.5 Å². The fraction of sp³-hybridized carbons (Fsp3) is 0.520. The van der Waals surface area contributed by atoms with Gasteiger partial charge in [0.2, 0.25) is 0 Å². The Morgan fingerprint density at radius 2 is 1.94 bits per heavy atom. The first-order chi connectivity index (χ1) is 16.5. The Kier molecular flexibility index (Phi) is 7.32. The standard InChI is InChI=1S/C25H33F2N3O4Si/c1-15(2)21-22-18(13-28-29-24(22)31)30(14-32-10-11-35(3,4)5)23(21)16-6-9-19(34-25(26)27)20(12-16)33-17-7-8-17/h6,9,12-13,15,17,25H,7-8,10-11,14H2,1-5H3,(H,29,31). The Labute approximate surface area is 204 Å². The molecule has 2 heterocycles. The highest BCUT2D eigenvalue weighted by atomic mass is 28.3. The summed E-state index contributed by atoms with van der Waals surface area (Å²) in [6, 6.07) is 5.95. The monoisotopic (exact) mass is 505 g/mol. The minimum atomic E-state index is -2.95. The third kappa shape index (κ3) is 5.92. The Bertz CT molecular complexity index is 1250. The smallest absolute Gasteiger partial charge is 0.387 e. The molecule has 190 valence electrons. The molecule has 1 N–H and O–H groups in total. The molecule has 10 heteroatoms. The van der Waals surface area contributed by atoms with Crippen LogP contribution < -0.4 is 15.0 Å². The van der Waals surface area contributed by atoms with Crippen molar-refractivity contribution in [2.75, 3.05) is 6.61 Å². The summed E-state index contributed by atoms with van der Waals surface area (Å²) in [4.78, 5) is 12.9. The van der Waals surface area contributed by atoms with Crippen molar-refractivity contribution >= 4 is 19.0 Å². The van der Waals surface area contributed by atoms with Crippen LogP contribution in [0.15, 0.2) is 29.2 Å². The number of hydrogen-bond donors (Lipinski definition) is 1. The van der Waals surface area contributed by atoms with Crippen molar-refractivity contribution < 1.29 is 23.0 Å². The molecule has 1 aromatic carbocycles. The lowest BCUT2D eigenvalue weighted by molar-refractivity contribution is -0.0516. The maximum atomic E-state index is 13.0. The highest BCUT2D eigenvalue weighted by Gasteiger charge is 2.28. The fourth-order valence-electron chi connectivity index (χ4n) is 4.09. The van der Waals surface area contributed by atoms with E-state index in [4.69, 9.17) is 14.2 Å². The van der Waals surface area contributed by atoms with Crippen LogP contribution in [0.2, 0.25) is 25.7 Å². The number of H-pyrrole nitrogens is 1. The molecule has 4 rings (SSSR count). The van der Waals surface area contributed by atoms with Gasteiger partial charge in [-0.15, -0.1) is 0 Å². The van der Waals surface area contributed by atoms with Gasteiger partial charge in [-0.05, 0) is 48.6 Å². The summed E-state index contributed by atoms with van der Waals surface area (Å²) in [7, 11) is -1.28. The van der Waals surface area contributed by atoms with E-state index in [2.05, 4.69) is 29.8 Å². The number of aromatic nitrogens is 3. The van der Waals surface area contributed by atoms with Crippen molar-refractivity contribution in [3.05, 3.63) is 40.3 Å². The highest BCUT2D eigenvalue weighted by molar-refractivity contribution is 6.76. The van der Waals surface area contributed by atoms with Crippen molar-refractivity contribution in [2.24, 2.45) is 0 Å². The lowest BCUT2D eigenvalue weighted by Gasteiger charge is -2.19. The largest absolute Gasteiger partial charge is 0.487 e. The van der Waals surface area contributed by atoms with Gasteiger partial charge in [0, 0.05) is 20.2 Å². The predicted molar refractivity (Wildman–Crippen MR) is 134 cm³/mol. The number of nitrogens with zero attached hydrogens (tertiary/aromatic N) is 2. The molecule has 0 amide bonds. The third-order valence-corrected chi connectivity index (χ3v) is 7.67. The molecule has 0 unspecified atom stereocenters. The fourth-order valence-corrected chi connectivity index (χ4v) is 4.84. The second kappa shape index (κ2) is 10.1. The van der Waals surface area contributed by atoms with Crippen molar-refractivity contribution in [2.45, 2.75) is 77.7 Å². The van der Waals surface area contributed by atoms with E-state index in [1.165, 1.54) is 6.07 Å². The average molecular weight is 506 g/mol. The molecule has 1 fully saturated rings. The summed E-state index contributed by atoms with van der Waals surface area (Å²) < 4.78 is 44.7. The lowest BCUT2D eigenvalue weighted by Crippen LogP contribution is -2.22. The number of hydrogen-bond acceptors (Lipinski definition) is 5. The van der Waals surface area contributed by atoms with Crippen LogP contribution in [0.4, 0.5) is 8.78 Å². The third-order valence-electron chi connectivity index (χ3n) is 5.97. The van der Waals surface area contributed by atoms with E-state index >= 15 is 0 Å². The van der Waals surface area contributed by atoms with Crippen molar-refractivity contribution in [3.63, 3.8) is 0 Å². The average Bonchev–Trinajstić information content (AvgIpc) is 3.51. The maximum absolute atomic E-state index is 13.0. The maximum Gasteiger partial charge on any atom is 0.387 e. The van der Waals surface area contributed by atoms with E-state index in [-0.39, 0.29) is 35.8 Å². The number of rotatable bonds is 11. The Hall–Kier alpha value is -2.72. The number of nitrogens with one attached hydrogen (secondary N) is 1. The van der Waals surface area contributed by atoms with E-state index < -0.39 is 14.7 Å². The van der Waals surface area contributed by atoms with Gasteiger partial charge >= 0.3 is 6.61 Å². The Morgan fingerprint density at radius 1 is 1.20 bits per heavy atom. The van der Waals surface area contributed by atoms with Crippen LogP contribution in [-0.2, 0) is 11.5 Å². The normalized spacial score (nSPS) is 14.3. The van der Waals surface area contributed by atoms with Crippen LogP contribution in [-0.4, -0.2) is 42.2 Å². The van der Waals surface area contributed by atoms with Gasteiger partial charge in [0.05, 0.1) is 28.9 Å². The molecule has 1 aliphatic rings. The number of ether oxygens (including phenoxy) is 3. The minimum Gasteiger partial charge on any atom is -0.487 e. The van der Waals surface area contributed by atoms with Crippen LogP contribution in [0.1, 0.15) is 38.2 Å². The van der Waals surface area contributed by atoms with Crippen LogP contribution in [0.25, 0.3) is 22.2 Å². The minimum absolute atomic E-state index is 0.00218. The molecule has 0 bridgehead atoms. The van der Waals surface area contributed by atoms with Crippen LogP contribution in [0, 0.1) is 0 Å². The number of benzene rings is 1. The van der Waals surface area contributed by atoms with Crippen molar-refractivity contribution in [1.29, 1.82) is 0 Å². The molecule has 35 heavy (non-hydrogen) atoms. The van der Waals surface area contributed by atoms with Crippen LogP contribution >= 0.6 is 0 Å². The van der Waals surface area contributed by atoms with Gasteiger partial charge in [-0.25, -0.2) is 5.10 Å². The zero-order valence-corrected chi connectivity index (χ0v) is 21.9. The molecular formula is C25H33F2N3O4Si. The number of fused-ring (bicyclic) bond motifs is 1. The van der Waals surface area contributed by atoms with Gasteiger partial charge in [0.25, 0.3) is 5.56 Å². The molecule has 7 nitrogen and oxygen atoms in total. The SMILES string of the molecule is CC(C)c1c(-c2ccc(OC(F)F)c(OC3CC3)c2)n(COCC[Si](C)(C)C)c2cn[nH]c(=O)c12. The molecule has 0 saturated heterocycles. The second-order valence-corrected chi connectivity index (χ2v) is 16.1. The first kappa shape index (κ1) is 25.4. The van der Waals surface area contributed by atoms with E-state index in [9.17, 15) is 13.6 Å². The molecule has 2 aromatic heterocycles. The first-order valence-electron chi connectivity index (χ1n) is 12.0. The quantitative estimate of drug-likeness (QED) is 0.257. The Balaban J connectivity index is 1.84. The first-order valence-corrected chi connectivity index (χ1v) is 15.7. The number of alkyl halides is 2. The topological polar surface area (TPSA) is 78.4 Å².